The molecule has 0 N–H and O–H groups in total. The van der Waals surface area contributed by atoms with E-state index in [1.54, 1.807) is 6.92 Å². The van der Waals surface area contributed by atoms with Crippen molar-refractivity contribution >= 4 is 40.1 Å². The summed E-state index contributed by atoms with van der Waals surface area (Å²) >= 11 is 7.89. The summed E-state index contributed by atoms with van der Waals surface area (Å²) in [5.41, 5.74) is 0.957. The summed E-state index contributed by atoms with van der Waals surface area (Å²) in [6.45, 7) is 3.55. The highest BCUT2D eigenvalue weighted by Crippen LogP contribution is 2.37. The van der Waals surface area contributed by atoms with Crippen molar-refractivity contribution in [2.45, 2.75) is 32.6 Å². The molecule has 1 aliphatic rings. The van der Waals surface area contributed by atoms with Gasteiger partial charge in [0.05, 0.1) is 11.5 Å². The fourth-order valence-corrected chi connectivity index (χ4v) is 3.97. The van der Waals surface area contributed by atoms with E-state index in [1.807, 2.05) is 22.1 Å². The van der Waals surface area contributed by atoms with Crippen LogP contribution in [0.3, 0.4) is 0 Å². The lowest BCUT2D eigenvalue weighted by Crippen LogP contribution is -2.25. The number of thiophene rings is 1. The molecule has 4 rings (SSSR count). The minimum atomic E-state index is -0.551. The van der Waals surface area contributed by atoms with Gasteiger partial charge in [-0.15, -0.1) is 11.3 Å². The molecular weight excluding hydrogens is 388 g/mol. The molecule has 0 spiro atoms. The fraction of sp³-hybridized carbons (Fsp3) is 0.333. The highest BCUT2D eigenvalue weighted by atomic mass is 35.5. The summed E-state index contributed by atoms with van der Waals surface area (Å²) in [6.07, 6.45) is -0.397. The molecule has 3 aromatic heterocycles. The number of ether oxygens (including phenoxy) is 2. The molecule has 7 nitrogen and oxygen atoms in total. The number of carbonyl (C=O) groups is 1. The van der Waals surface area contributed by atoms with Gasteiger partial charge < -0.3 is 9.47 Å². The number of hydrogen-bond donors (Lipinski definition) is 0. The maximum atomic E-state index is 11.5. The number of aromatic nitrogens is 4. The Balaban J connectivity index is 1.96. The number of hydrogen-bond acceptors (Lipinski definition) is 7. The molecule has 1 aliphatic heterocycles. The Labute approximate surface area is 164 Å². The SMILES string of the molecule is CC#Cc1nc(Cl)c2nc(-c3cccs3)n([C@@H]3OCC[C@H]3OC(C)=O)c2n1. The van der Waals surface area contributed by atoms with Crippen molar-refractivity contribution in [3.63, 3.8) is 0 Å². The molecule has 4 heterocycles. The van der Waals surface area contributed by atoms with Gasteiger partial charge in [0, 0.05) is 13.3 Å². The predicted molar refractivity (Wildman–Crippen MR) is 101 cm³/mol. The molecule has 0 radical (unpaired) electrons. The number of rotatable bonds is 3. The molecule has 0 aliphatic carbocycles. The van der Waals surface area contributed by atoms with Crippen LogP contribution in [0.2, 0.25) is 5.15 Å². The van der Waals surface area contributed by atoms with E-state index < -0.39 is 12.3 Å². The van der Waals surface area contributed by atoms with E-state index in [0.29, 0.717) is 35.8 Å². The molecule has 0 aromatic carbocycles. The zero-order chi connectivity index (χ0) is 19.0. The van der Waals surface area contributed by atoms with Crippen LogP contribution in [0.15, 0.2) is 17.5 Å². The van der Waals surface area contributed by atoms with E-state index in [0.717, 1.165) is 4.88 Å². The summed E-state index contributed by atoms with van der Waals surface area (Å²) in [7, 11) is 0. The van der Waals surface area contributed by atoms with Crippen LogP contribution in [0, 0.1) is 11.8 Å². The number of esters is 1. The summed E-state index contributed by atoms with van der Waals surface area (Å²) < 4.78 is 13.2. The van der Waals surface area contributed by atoms with Crippen LogP contribution in [0.4, 0.5) is 0 Å². The van der Waals surface area contributed by atoms with Gasteiger partial charge in [0.2, 0.25) is 5.82 Å². The minimum absolute atomic E-state index is 0.219. The van der Waals surface area contributed by atoms with Gasteiger partial charge in [-0.2, -0.15) is 0 Å². The Hall–Kier alpha value is -2.47. The first-order chi connectivity index (χ1) is 13.1. The van der Waals surface area contributed by atoms with Crippen molar-refractivity contribution in [3.05, 3.63) is 28.5 Å². The second-order valence-corrected chi connectivity index (χ2v) is 7.17. The molecule has 0 amide bonds. The normalized spacial score (nSPS) is 19.1. The maximum absolute atomic E-state index is 11.5. The van der Waals surface area contributed by atoms with Crippen molar-refractivity contribution < 1.29 is 14.3 Å². The molecule has 138 valence electrons. The van der Waals surface area contributed by atoms with E-state index in [-0.39, 0.29) is 11.1 Å². The van der Waals surface area contributed by atoms with E-state index in [4.69, 9.17) is 21.1 Å². The zero-order valence-corrected chi connectivity index (χ0v) is 16.2. The number of nitrogens with zero attached hydrogens (tertiary/aromatic N) is 4. The minimum Gasteiger partial charge on any atom is -0.458 e. The summed E-state index contributed by atoms with van der Waals surface area (Å²) in [4.78, 5) is 25.8. The lowest BCUT2D eigenvalue weighted by atomic mass is 10.2. The highest BCUT2D eigenvalue weighted by Gasteiger charge is 2.36. The van der Waals surface area contributed by atoms with Crippen LogP contribution in [0.5, 0.6) is 0 Å². The van der Waals surface area contributed by atoms with Crippen molar-refractivity contribution in [3.8, 4) is 22.5 Å². The topological polar surface area (TPSA) is 79.1 Å². The summed E-state index contributed by atoms with van der Waals surface area (Å²) in [5.74, 6) is 6.18. The van der Waals surface area contributed by atoms with Crippen molar-refractivity contribution in [2.75, 3.05) is 6.61 Å². The van der Waals surface area contributed by atoms with Gasteiger partial charge in [0.15, 0.2) is 22.9 Å². The number of fused-ring (bicyclic) bond motifs is 1. The van der Waals surface area contributed by atoms with Crippen molar-refractivity contribution in [2.24, 2.45) is 0 Å². The predicted octanol–water partition coefficient (Wildman–Crippen LogP) is 3.43. The van der Waals surface area contributed by atoms with Crippen LogP contribution in [-0.2, 0) is 14.3 Å². The quantitative estimate of drug-likeness (QED) is 0.379. The molecule has 1 saturated heterocycles. The second-order valence-electron chi connectivity index (χ2n) is 5.87. The largest absolute Gasteiger partial charge is 0.458 e. The Bertz CT molecular complexity index is 1070. The van der Waals surface area contributed by atoms with Gasteiger partial charge in [-0.1, -0.05) is 23.6 Å². The molecule has 27 heavy (non-hydrogen) atoms. The van der Waals surface area contributed by atoms with Gasteiger partial charge in [-0.25, -0.2) is 15.0 Å². The Kier molecular flexibility index (Phi) is 4.83. The van der Waals surface area contributed by atoms with Crippen LogP contribution in [0.1, 0.15) is 32.3 Å². The van der Waals surface area contributed by atoms with E-state index in [2.05, 4.69) is 26.8 Å². The number of halogens is 1. The molecule has 2 atom stereocenters. The lowest BCUT2D eigenvalue weighted by Gasteiger charge is -2.21. The number of carbonyl (C=O) groups excluding carboxylic acids is 1. The van der Waals surface area contributed by atoms with Crippen LogP contribution < -0.4 is 0 Å². The van der Waals surface area contributed by atoms with E-state index in [1.165, 1.54) is 18.3 Å². The van der Waals surface area contributed by atoms with Crippen LogP contribution in [-0.4, -0.2) is 38.2 Å². The summed E-state index contributed by atoms with van der Waals surface area (Å²) in [6, 6.07) is 3.89. The standard InChI is InChI=1S/C18H15ClN4O3S/c1-3-5-13-20-15(19)14-17(21-13)23(16(22-14)12-6-4-9-27-12)18-11(7-8-25-18)26-10(2)24/h4,6,9,11,18H,7-8H2,1-2H3/t11-,18-/m1/s1. The first kappa shape index (κ1) is 17.9. The Morgan fingerprint density at radius 2 is 2.30 bits per heavy atom. The highest BCUT2D eigenvalue weighted by molar-refractivity contribution is 7.13. The third-order valence-corrected chi connectivity index (χ3v) is 5.19. The molecule has 3 aromatic rings. The zero-order valence-electron chi connectivity index (χ0n) is 14.6. The van der Waals surface area contributed by atoms with Crippen LogP contribution >= 0.6 is 22.9 Å². The maximum Gasteiger partial charge on any atom is 0.303 e. The monoisotopic (exact) mass is 402 g/mol. The molecule has 9 heteroatoms. The molecule has 0 bridgehead atoms. The van der Waals surface area contributed by atoms with Gasteiger partial charge in [-0.3, -0.25) is 9.36 Å². The smallest absolute Gasteiger partial charge is 0.303 e. The van der Waals surface area contributed by atoms with Gasteiger partial charge >= 0.3 is 5.97 Å². The molecule has 1 fully saturated rings. The average Bonchev–Trinajstić information content (AvgIpc) is 3.33. The molecular formula is C18H15ClN4O3S. The first-order valence-electron chi connectivity index (χ1n) is 8.29. The third kappa shape index (κ3) is 3.30. The Morgan fingerprint density at radius 3 is 3.00 bits per heavy atom. The summed E-state index contributed by atoms with van der Waals surface area (Å²) in [5, 5.41) is 2.18. The first-order valence-corrected chi connectivity index (χ1v) is 9.55. The van der Waals surface area contributed by atoms with E-state index >= 15 is 0 Å². The molecule has 0 unspecified atom stereocenters. The average molecular weight is 403 g/mol. The fourth-order valence-electron chi connectivity index (χ4n) is 3.05. The van der Waals surface area contributed by atoms with Gasteiger partial charge in [0.1, 0.15) is 11.6 Å². The lowest BCUT2D eigenvalue weighted by molar-refractivity contribution is -0.151. The van der Waals surface area contributed by atoms with Gasteiger partial charge in [0.25, 0.3) is 0 Å². The Morgan fingerprint density at radius 1 is 1.44 bits per heavy atom. The number of imidazole rings is 1. The molecule has 0 saturated carbocycles. The third-order valence-electron chi connectivity index (χ3n) is 4.06. The van der Waals surface area contributed by atoms with Crippen molar-refractivity contribution in [1.29, 1.82) is 0 Å². The van der Waals surface area contributed by atoms with E-state index in [9.17, 15) is 4.79 Å². The second kappa shape index (κ2) is 7.27. The van der Waals surface area contributed by atoms with Crippen LogP contribution in [0.25, 0.3) is 21.9 Å². The van der Waals surface area contributed by atoms with Gasteiger partial charge in [-0.05, 0) is 24.3 Å². The van der Waals surface area contributed by atoms with Crippen molar-refractivity contribution in [1.82, 2.24) is 19.5 Å².